The number of hydrogen-bond acceptors (Lipinski definition) is 5. The van der Waals surface area contributed by atoms with Crippen LogP contribution in [0.25, 0.3) is 5.82 Å². The minimum atomic E-state index is -3.33. The van der Waals surface area contributed by atoms with Gasteiger partial charge in [-0.1, -0.05) is 0 Å². The monoisotopic (exact) mass is 357 g/mol. The molecule has 0 aliphatic heterocycles. The molecule has 2 heterocycles. The fourth-order valence-electron chi connectivity index (χ4n) is 2.11. The van der Waals surface area contributed by atoms with E-state index in [1.54, 1.807) is 59.7 Å². The van der Waals surface area contributed by atoms with Crippen LogP contribution in [-0.2, 0) is 10.0 Å². The van der Waals surface area contributed by atoms with E-state index in [4.69, 9.17) is 0 Å². The predicted octanol–water partition coefficient (Wildman–Crippen LogP) is 1.89. The van der Waals surface area contributed by atoms with Gasteiger partial charge in [-0.3, -0.25) is 14.1 Å². The number of nitrogens with zero attached hydrogens (tertiary/aromatic N) is 3. The second-order valence-corrected chi connectivity index (χ2v) is 7.03. The number of amides is 1. The van der Waals surface area contributed by atoms with Gasteiger partial charge in [-0.25, -0.2) is 18.4 Å². The molecule has 2 N–H and O–H groups in total. The van der Waals surface area contributed by atoms with Gasteiger partial charge in [-0.15, -0.1) is 0 Å². The number of benzene rings is 1. The fraction of sp³-hybridized carbons (Fsp3) is 0.0625. The Kier molecular flexibility index (Phi) is 4.48. The smallest absolute Gasteiger partial charge is 0.257 e. The van der Waals surface area contributed by atoms with Crippen LogP contribution >= 0.6 is 0 Å². The van der Waals surface area contributed by atoms with Gasteiger partial charge in [0.05, 0.1) is 11.8 Å². The van der Waals surface area contributed by atoms with Gasteiger partial charge in [-0.05, 0) is 36.4 Å². The van der Waals surface area contributed by atoms with Crippen molar-refractivity contribution in [2.24, 2.45) is 0 Å². The van der Waals surface area contributed by atoms with Crippen molar-refractivity contribution >= 4 is 27.3 Å². The first-order valence-electron chi connectivity index (χ1n) is 7.24. The molecule has 0 aliphatic rings. The Morgan fingerprint density at radius 3 is 2.36 bits per heavy atom. The second-order valence-electron chi connectivity index (χ2n) is 5.28. The van der Waals surface area contributed by atoms with Crippen LogP contribution < -0.4 is 10.0 Å². The Labute approximate surface area is 144 Å². The summed E-state index contributed by atoms with van der Waals surface area (Å²) >= 11 is 0. The van der Waals surface area contributed by atoms with Gasteiger partial charge >= 0.3 is 0 Å². The van der Waals surface area contributed by atoms with Gasteiger partial charge in [0.15, 0.2) is 0 Å². The van der Waals surface area contributed by atoms with Crippen molar-refractivity contribution in [2.75, 3.05) is 16.3 Å². The minimum Gasteiger partial charge on any atom is -0.322 e. The number of hydrogen-bond donors (Lipinski definition) is 2. The van der Waals surface area contributed by atoms with Gasteiger partial charge in [0, 0.05) is 30.0 Å². The predicted molar refractivity (Wildman–Crippen MR) is 94.2 cm³/mol. The first-order valence-corrected chi connectivity index (χ1v) is 9.13. The number of rotatable bonds is 5. The number of anilines is 2. The van der Waals surface area contributed by atoms with Crippen LogP contribution in [-0.4, -0.2) is 35.1 Å². The molecule has 3 aromatic rings. The van der Waals surface area contributed by atoms with Crippen LogP contribution in [0.1, 0.15) is 10.4 Å². The van der Waals surface area contributed by atoms with Crippen LogP contribution in [0.4, 0.5) is 11.4 Å². The van der Waals surface area contributed by atoms with Crippen molar-refractivity contribution in [3.8, 4) is 5.82 Å². The summed E-state index contributed by atoms with van der Waals surface area (Å²) in [5.41, 5.74) is 1.37. The van der Waals surface area contributed by atoms with Crippen LogP contribution in [0.3, 0.4) is 0 Å². The highest BCUT2D eigenvalue weighted by Crippen LogP contribution is 2.15. The number of carbonyl (C=O) groups is 1. The van der Waals surface area contributed by atoms with Crippen molar-refractivity contribution in [3.63, 3.8) is 0 Å². The summed E-state index contributed by atoms with van der Waals surface area (Å²) in [6.07, 6.45) is 7.57. The lowest BCUT2D eigenvalue weighted by atomic mass is 10.2. The molecular weight excluding hydrogens is 342 g/mol. The lowest BCUT2D eigenvalue weighted by molar-refractivity contribution is 0.102. The maximum Gasteiger partial charge on any atom is 0.257 e. The zero-order valence-corrected chi connectivity index (χ0v) is 14.1. The first-order chi connectivity index (χ1) is 11.9. The zero-order chi connectivity index (χ0) is 17.9. The summed E-state index contributed by atoms with van der Waals surface area (Å²) in [4.78, 5) is 20.4. The molecule has 0 saturated heterocycles. The molecule has 0 spiro atoms. The van der Waals surface area contributed by atoms with Crippen LogP contribution in [0.15, 0.2) is 61.3 Å². The molecule has 0 atom stereocenters. The Hall–Kier alpha value is -3.20. The highest BCUT2D eigenvalue weighted by Gasteiger charge is 2.08. The molecule has 0 saturated carbocycles. The molecule has 0 fully saturated rings. The van der Waals surface area contributed by atoms with Gasteiger partial charge in [0.25, 0.3) is 5.91 Å². The molecule has 25 heavy (non-hydrogen) atoms. The number of aromatic nitrogens is 3. The van der Waals surface area contributed by atoms with Gasteiger partial charge in [0.2, 0.25) is 10.0 Å². The van der Waals surface area contributed by atoms with E-state index in [9.17, 15) is 13.2 Å². The molecule has 0 radical (unpaired) electrons. The maximum atomic E-state index is 12.2. The maximum absolute atomic E-state index is 12.2. The van der Waals surface area contributed by atoms with Crippen molar-refractivity contribution in [1.82, 2.24) is 14.5 Å². The van der Waals surface area contributed by atoms with E-state index in [2.05, 4.69) is 20.0 Å². The van der Waals surface area contributed by atoms with Crippen molar-refractivity contribution in [2.45, 2.75) is 0 Å². The number of imidazole rings is 1. The molecule has 3 rings (SSSR count). The van der Waals surface area contributed by atoms with Crippen LogP contribution in [0.5, 0.6) is 0 Å². The van der Waals surface area contributed by atoms with E-state index in [0.717, 1.165) is 6.26 Å². The third-order valence-corrected chi connectivity index (χ3v) is 3.83. The lowest BCUT2D eigenvalue weighted by Gasteiger charge is -2.08. The summed E-state index contributed by atoms with van der Waals surface area (Å²) < 4.78 is 26.4. The molecule has 0 aliphatic carbocycles. The third-order valence-electron chi connectivity index (χ3n) is 3.23. The molecule has 1 amide bonds. The standard InChI is InChI=1S/C16H15N5O3S/c1-25(23,24)20-14-5-3-13(4-6-14)19-16(22)12-2-7-15(18-10-12)21-9-8-17-11-21/h2-11,20H,1H3,(H,19,22). The highest BCUT2D eigenvalue weighted by molar-refractivity contribution is 7.92. The average molecular weight is 357 g/mol. The van der Waals surface area contributed by atoms with Crippen molar-refractivity contribution in [1.29, 1.82) is 0 Å². The number of sulfonamides is 1. The third kappa shape index (κ3) is 4.42. The quantitative estimate of drug-likeness (QED) is 0.725. The van der Waals surface area contributed by atoms with E-state index in [1.807, 2.05) is 0 Å². The van der Waals surface area contributed by atoms with Crippen LogP contribution in [0.2, 0.25) is 0 Å². The molecule has 2 aromatic heterocycles. The first kappa shape index (κ1) is 16.7. The lowest BCUT2D eigenvalue weighted by Crippen LogP contribution is -2.13. The number of pyridine rings is 1. The Balaban J connectivity index is 1.67. The fourth-order valence-corrected chi connectivity index (χ4v) is 2.67. The van der Waals surface area contributed by atoms with E-state index in [-0.39, 0.29) is 5.91 Å². The molecule has 0 unspecified atom stereocenters. The van der Waals surface area contributed by atoms with Crippen LogP contribution in [0, 0.1) is 0 Å². The van der Waals surface area contributed by atoms with Gasteiger partial charge < -0.3 is 5.32 Å². The SMILES string of the molecule is CS(=O)(=O)Nc1ccc(NC(=O)c2ccc(-n3ccnc3)nc2)cc1. The minimum absolute atomic E-state index is 0.312. The van der Waals surface area contributed by atoms with Gasteiger partial charge in [0.1, 0.15) is 12.1 Å². The molecule has 128 valence electrons. The van der Waals surface area contributed by atoms with E-state index >= 15 is 0 Å². The summed E-state index contributed by atoms with van der Waals surface area (Å²) in [5.74, 6) is 0.346. The van der Waals surface area contributed by atoms with E-state index in [1.165, 1.54) is 6.20 Å². The Morgan fingerprint density at radius 1 is 1.08 bits per heavy atom. The normalized spacial score (nSPS) is 11.1. The zero-order valence-electron chi connectivity index (χ0n) is 13.2. The Morgan fingerprint density at radius 2 is 1.80 bits per heavy atom. The van der Waals surface area contributed by atoms with E-state index < -0.39 is 10.0 Å². The number of carbonyl (C=O) groups excluding carboxylic acids is 1. The summed E-state index contributed by atoms with van der Waals surface area (Å²) in [6, 6.07) is 9.73. The summed E-state index contributed by atoms with van der Waals surface area (Å²) in [5, 5.41) is 2.73. The Bertz CT molecular complexity index is 966. The molecule has 9 heteroatoms. The summed E-state index contributed by atoms with van der Waals surface area (Å²) in [7, 11) is -3.33. The topological polar surface area (TPSA) is 106 Å². The van der Waals surface area contributed by atoms with Crippen molar-refractivity contribution in [3.05, 3.63) is 66.9 Å². The van der Waals surface area contributed by atoms with E-state index in [0.29, 0.717) is 22.8 Å². The molecule has 1 aromatic carbocycles. The van der Waals surface area contributed by atoms with Crippen molar-refractivity contribution < 1.29 is 13.2 Å². The second kappa shape index (κ2) is 6.73. The highest BCUT2D eigenvalue weighted by atomic mass is 32.2. The molecule has 8 nitrogen and oxygen atoms in total. The molecular formula is C16H15N5O3S. The molecule has 0 bridgehead atoms. The summed E-state index contributed by atoms with van der Waals surface area (Å²) in [6.45, 7) is 0. The largest absolute Gasteiger partial charge is 0.322 e. The van der Waals surface area contributed by atoms with Gasteiger partial charge in [-0.2, -0.15) is 0 Å². The average Bonchev–Trinajstić information content (AvgIpc) is 3.10. The number of nitrogens with one attached hydrogen (secondary N) is 2.